The van der Waals surface area contributed by atoms with Crippen LogP contribution in [0, 0.1) is 0 Å². The third-order valence-electron chi connectivity index (χ3n) is 5.62. The minimum atomic E-state index is -0.672. The molecule has 0 radical (unpaired) electrons. The summed E-state index contributed by atoms with van der Waals surface area (Å²) in [6.07, 6.45) is 5.91. The maximum absolute atomic E-state index is 12.3. The van der Waals surface area contributed by atoms with E-state index in [1.54, 1.807) is 31.5 Å². The summed E-state index contributed by atoms with van der Waals surface area (Å²) in [7, 11) is 7.30. The molecule has 0 unspecified atom stereocenters. The highest BCUT2D eigenvalue weighted by Crippen LogP contribution is 2.24. The van der Waals surface area contributed by atoms with Gasteiger partial charge in [-0.05, 0) is 39.6 Å². The number of nitrogens with one attached hydrogen (secondary N) is 2. The molecule has 0 saturated heterocycles. The van der Waals surface area contributed by atoms with Gasteiger partial charge in [0.1, 0.15) is 0 Å². The number of hydrogen-bond acceptors (Lipinski definition) is 9. The van der Waals surface area contributed by atoms with Crippen molar-refractivity contribution in [3.05, 3.63) is 47.6 Å². The van der Waals surface area contributed by atoms with Gasteiger partial charge in [0.05, 0.1) is 12.2 Å². The molecule has 0 aliphatic carbocycles. The number of rotatable bonds is 14. The van der Waals surface area contributed by atoms with E-state index in [9.17, 15) is 14.4 Å². The van der Waals surface area contributed by atoms with Gasteiger partial charge in [-0.15, -0.1) is 0 Å². The fourth-order valence-corrected chi connectivity index (χ4v) is 3.41. The topological polar surface area (TPSA) is 150 Å². The Morgan fingerprint density at radius 2 is 1.84 bits per heavy atom. The first-order valence-electron chi connectivity index (χ1n) is 12.5. The van der Waals surface area contributed by atoms with Gasteiger partial charge in [-0.3, -0.25) is 19.4 Å². The van der Waals surface area contributed by atoms with Crippen molar-refractivity contribution in [2.75, 3.05) is 64.6 Å². The summed E-state index contributed by atoms with van der Waals surface area (Å²) < 4.78 is 0. The van der Waals surface area contributed by atoms with E-state index in [0.717, 1.165) is 12.2 Å². The monoisotopic (exact) mass is 525 g/mol. The van der Waals surface area contributed by atoms with Crippen molar-refractivity contribution in [1.29, 1.82) is 0 Å². The number of hydrogen-bond donors (Lipinski definition) is 3. The molecule has 38 heavy (non-hydrogen) atoms. The lowest BCUT2D eigenvalue weighted by atomic mass is 10.2. The van der Waals surface area contributed by atoms with Crippen molar-refractivity contribution < 1.29 is 14.4 Å². The Hall–Kier alpha value is -4.06. The second-order valence-electron chi connectivity index (χ2n) is 9.04. The molecule has 3 amide bonds. The second-order valence-corrected chi connectivity index (χ2v) is 9.04. The van der Waals surface area contributed by atoms with Crippen LogP contribution in [0.15, 0.2) is 30.5 Å². The van der Waals surface area contributed by atoms with E-state index in [2.05, 4.69) is 25.6 Å². The van der Waals surface area contributed by atoms with Crippen molar-refractivity contribution in [2.45, 2.75) is 26.7 Å². The predicted molar refractivity (Wildman–Crippen MR) is 148 cm³/mol. The van der Waals surface area contributed by atoms with Crippen molar-refractivity contribution >= 4 is 35.0 Å². The zero-order valence-electron chi connectivity index (χ0n) is 23.1. The zero-order chi connectivity index (χ0) is 28.2. The number of carbonyl (C=O) groups is 3. The van der Waals surface area contributed by atoms with E-state index in [1.807, 2.05) is 44.8 Å². The Kier molecular flexibility index (Phi) is 11.6. The maximum Gasteiger partial charge on any atom is 0.271 e. The molecule has 0 bridgehead atoms. The lowest BCUT2D eigenvalue weighted by Crippen LogP contribution is -2.38. The van der Waals surface area contributed by atoms with Crippen LogP contribution in [0.3, 0.4) is 0 Å². The standard InChI is InChI=1S/C26H39N9O3/c1-7-20-26(34(5)8-2)32-25(23(31-20)24(27)38)30-19-12-13-28-18(16-19)11-14-29-21(36)17-35(6)22(37)10-9-15-33(3)4/h9-10,12-13,16H,7-8,11,14-15,17H2,1-6H3,(H2,27,38)(H,29,36)(H,28,30,32). The number of anilines is 3. The van der Waals surface area contributed by atoms with Crippen LogP contribution in [-0.4, -0.2) is 96.8 Å². The number of amides is 3. The van der Waals surface area contributed by atoms with Crippen molar-refractivity contribution in [1.82, 2.24) is 30.1 Å². The van der Waals surface area contributed by atoms with Crippen LogP contribution in [0.25, 0.3) is 0 Å². The van der Waals surface area contributed by atoms with E-state index < -0.39 is 5.91 Å². The largest absolute Gasteiger partial charge is 0.364 e. The molecule has 0 aliphatic heterocycles. The minimum Gasteiger partial charge on any atom is -0.364 e. The van der Waals surface area contributed by atoms with Crippen molar-refractivity contribution in [3.63, 3.8) is 0 Å². The third-order valence-corrected chi connectivity index (χ3v) is 5.62. The quantitative estimate of drug-likeness (QED) is 0.307. The summed E-state index contributed by atoms with van der Waals surface area (Å²) in [5, 5.41) is 5.95. The molecular formula is C26H39N9O3. The molecule has 2 heterocycles. The molecule has 2 aromatic rings. The van der Waals surface area contributed by atoms with Gasteiger partial charge in [-0.1, -0.05) is 13.0 Å². The SMILES string of the molecule is CCc1nc(C(N)=O)c(Nc2ccnc(CCNC(=O)CN(C)C(=O)C=CCN(C)C)c2)nc1N(C)CC. The number of likely N-dealkylation sites (N-methyl/N-ethyl adjacent to an activating group) is 2. The van der Waals surface area contributed by atoms with Crippen LogP contribution in [0.1, 0.15) is 35.7 Å². The molecule has 2 aromatic heterocycles. The average molecular weight is 526 g/mol. The maximum atomic E-state index is 12.3. The molecule has 0 spiro atoms. The van der Waals surface area contributed by atoms with Crippen LogP contribution in [0.5, 0.6) is 0 Å². The predicted octanol–water partition coefficient (Wildman–Crippen LogP) is 0.968. The summed E-state index contributed by atoms with van der Waals surface area (Å²) in [6, 6.07) is 3.55. The van der Waals surface area contributed by atoms with Gasteiger partial charge in [-0.2, -0.15) is 0 Å². The van der Waals surface area contributed by atoms with E-state index >= 15 is 0 Å². The number of carbonyl (C=O) groups excluding carboxylic acids is 3. The Morgan fingerprint density at radius 1 is 1.11 bits per heavy atom. The fourth-order valence-electron chi connectivity index (χ4n) is 3.41. The van der Waals surface area contributed by atoms with Crippen LogP contribution < -0.4 is 21.3 Å². The van der Waals surface area contributed by atoms with E-state index in [4.69, 9.17) is 5.73 Å². The second kappa shape index (κ2) is 14.6. The number of pyridine rings is 1. The zero-order valence-corrected chi connectivity index (χ0v) is 23.1. The van der Waals surface area contributed by atoms with E-state index in [0.29, 0.717) is 43.1 Å². The van der Waals surface area contributed by atoms with Gasteiger partial charge in [0.15, 0.2) is 17.3 Å². The Morgan fingerprint density at radius 3 is 2.47 bits per heavy atom. The van der Waals surface area contributed by atoms with Gasteiger partial charge >= 0.3 is 0 Å². The Labute approximate surface area is 224 Å². The van der Waals surface area contributed by atoms with Crippen LogP contribution in [-0.2, 0) is 22.4 Å². The van der Waals surface area contributed by atoms with Crippen LogP contribution >= 0.6 is 0 Å². The summed E-state index contributed by atoms with van der Waals surface area (Å²) >= 11 is 0. The normalized spacial score (nSPS) is 11.0. The number of aromatic nitrogens is 3. The molecule has 0 atom stereocenters. The van der Waals surface area contributed by atoms with Crippen LogP contribution in [0.2, 0.25) is 0 Å². The van der Waals surface area contributed by atoms with Gasteiger partial charge < -0.3 is 31.1 Å². The first-order chi connectivity index (χ1) is 18.0. The molecule has 0 fully saturated rings. The first-order valence-corrected chi connectivity index (χ1v) is 12.5. The van der Waals surface area contributed by atoms with Gasteiger partial charge in [0.25, 0.3) is 5.91 Å². The lowest BCUT2D eigenvalue weighted by molar-refractivity contribution is -0.131. The summed E-state index contributed by atoms with van der Waals surface area (Å²) in [4.78, 5) is 55.2. The van der Waals surface area contributed by atoms with Gasteiger partial charge in [-0.25, -0.2) is 9.97 Å². The highest BCUT2D eigenvalue weighted by Gasteiger charge is 2.19. The summed E-state index contributed by atoms with van der Waals surface area (Å²) in [5.41, 5.74) is 7.72. The number of aryl methyl sites for hydroxylation is 1. The van der Waals surface area contributed by atoms with Crippen LogP contribution in [0.4, 0.5) is 17.3 Å². The fraction of sp³-hybridized carbons (Fsp3) is 0.462. The van der Waals surface area contributed by atoms with E-state index in [1.165, 1.54) is 11.0 Å². The highest BCUT2D eigenvalue weighted by atomic mass is 16.2. The number of nitrogens with zero attached hydrogens (tertiary/aromatic N) is 6. The minimum absolute atomic E-state index is 0.0446. The van der Waals surface area contributed by atoms with Gasteiger partial charge in [0, 0.05) is 63.8 Å². The molecule has 0 saturated carbocycles. The Bertz CT molecular complexity index is 1150. The average Bonchev–Trinajstić information content (AvgIpc) is 2.87. The first kappa shape index (κ1) is 30.2. The highest BCUT2D eigenvalue weighted by molar-refractivity contribution is 5.96. The number of primary amides is 1. The molecule has 4 N–H and O–H groups in total. The molecule has 206 valence electrons. The van der Waals surface area contributed by atoms with Crippen molar-refractivity contribution in [2.24, 2.45) is 5.73 Å². The molecule has 2 rings (SSSR count). The lowest BCUT2D eigenvalue weighted by Gasteiger charge is -2.21. The molecule has 12 nitrogen and oxygen atoms in total. The summed E-state index contributed by atoms with van der Waals surface area (Å²) in [6.45, 7) is 5.61. The molecular weight excluding hydrogens is 486 g/mol. The summed E-state index contributed by atoms with van der Waals surface area (Å²) in [5.74, 6) is -0.227. The molecule has 12 heteroatoms. The third kappa shape index (κ3) is 9.11. The molecule has 0 aromatic carbocycles. The van der Waals surface area contributed by atoms with Crippen molar-refractivity contribution in [3.8, 4) is 0 Å². The smallest absolute Gasteiger partial charge is 0.271 e. The molecule has 0 aliphatic rings. The Balaban J connectivity index is 2.02. The number of nitrogens with two attached hydrogens (primary N) is 1. The van der Waals surface area contributed by atoms with E-state index in [-0.39, 0.29) is 29.9 Å². The van der Waals surface area contributed by atoms with Gasteiger partial charge in [0.2, 0.25) is 11.8 Å².